The molecule has 9 nitrogen and oxygen atoms in total. The van der Waals surface area contributed by atoms with Crippen LogP contribution >= 0.6 is 12.2 Å². The van der Waals surface area contributed by atoms with Crippen molar-refractivity contribution in [3.05, 3.63) is 46.5 Å². The fourth-order valence-corrected chi connectivity index (χ4v) is 5.27. The summed E-state index contributed by atoms with van der Waals surface area (Å²) in [5, 5.41) is 7.32. The fourth-order valence-electron chi connectivity index (χ4n) is 5.02. The molecule has 0 unspecified atom stereocenters. The van der Waals surface area contributed by atoms with Gasteiger partial charge in [-0.05, 0) is 56.8 Å². The molecule has 0 spiro atoms. The topological polar surface area (TPSA) is 83.6 Å². The molecule has 0 amide bonds. The third-order valence-corrected chi connectivity index (χ3v) is 7.43. The Hall–Kier alpha value is -3.92. The Morgan fingerprint density at radius 2 is 1.72 bits per heavy atom. The van der Waals surface area contributed by atoms with Crippen LogP contribution in [0.4, 0.5) is 0 Å². The Morgan fingerprint density at radius 1 is 1.03 bits per heavy atom. The Bertz CT molecular complexity index is 1540. The summed E-state index contributed by atoms with van der Waals surface area (Å²) in [6.07, 6.45) is 1.85. The second-order valence-corrected chi connectivity index (χ2v) is 10.0. The van der Waals surface area contributed by atoms with E-state index in [0.29, 0.717) is 18.0 Å². The molecule has 5 rings (SSSR count). The number of fused-ring (bicyclic) bond motifs is 2. The number of aliphatic imine (C=N–C) groups is 1. The van der Waals surface area contributed by atoms with Crippen LogP contribution in [0.3, 0.4) is 0 Å². The molecule has 0 bridgehead atoms. The summed E-state index contributed by atoms with van der Waals surface area (Å²) in [6.45, 7) is 10.2. The van der Waals surface area contributed by atoms with E-state index in [9.17, 15) is 0 Å². The van der Waals surface area contributed by atoms with E-state index in [2.05, 4.69) is 33.9 Å². The van der Waals surface area contributed by atoms with Gasteiger partial charge in [-0.3, -0.25) is 0 Å². The highest BCUT2D eigenvalue weighted by molar-refractivity contribution is 7.80. The Balaban J connectivity index is 1.38. The zero-order valence-electron chi connectivity index (χ0n) is 23.1. The number of H-pyrrole nitrogens is 1. The number of benzene rings is 2. The monoisotopic (exact) mass is 549 g/mol. The van der Waals surface area contributed by atoms with Gasteiger partial charge in [-0.25, -0.2) is 4.99 Å². The van der Waals surface area contributed by atoms with Gasteiger partial charge in [0.05, 0.1) is 19.7 Å². The average Bonchev–Trinajstić information content (AvgIpc) is 3.58. The Morgan fingerprint density at radius 3 is 2.41 bits per heavy atom. The van der Waals surface area contributed by atoms with E-state index in [4.69, 9.17) is 36.2 Å². The number of aromatic amines is 1. The molecule has 2 N–H and O–H groups in total. The second-order valence-electron chi connectivity index (χ2n) is 9.66. The van der Waals surface area contributed by atoms with E-state index in [0.717, 1.165) is 75.6 Å². The largest absolute Gasteiger partial charge is 0.493 e. The lowest BCUT2D eigenvalue weighted by Crippen LogP contribution is -2.51. The van der Waals surface area contributed by atoms with Crippen molar-refractivity contribution in [2.75, 3.05) is 47.2 Å². The first-order valence-electron chi connectivity index (χ1n) is 13.0. The number of piperazine rings is 1. The molecule has 0 radical (unpaired) electrons. The normalized spacial score (nSPS) is 15.6. The number of rotatable bonds is 6. The van der Waals surface area contributed by atoms with E-state index >= 15 is 0 Å². The lowest BCUT2D eigenvalue weighted by atomic mass is 10.1. The lowest BCUT2D eigenvalue weighted by molar-refractivity contribution is 0.174. The highest BCUT2D eigenvalue weighted by atomic mass is 32.1. The number of methoxy groups -OCH3 is 2. The maximum Gasteiger partial charge on any atom is 0.231 e. The molecule has 0 atom stereocenters. The summed E-state index contributed by atoms with van der Waals surface area (Å²) < 4.78 is 22.1. The van der Waals surface area contributed by atoms with Crippen molar-refractivity contribution in [3.8, 4) is 23.0 Å². The molecular weight excluding hydrogens is 514 g/mol. The maximum atomic E-state index is 5.75. The quantitative estimate of drug-likeness (QED) is 0.359. The summed E-state index contributed by atoms with van der Waals surface area (Å²) in [5.74, 6) is 3.88. The maximum absolute atomic E-state index is 5.75. The first kappa shape index (κ1) is 26.7. The van der Waals surface area contributed by atoms with E-state index < -0.39 is 0 Å². The number of hydrogen-bond donors (Lipinski definition) is 2. The second kappa shape index (κ2) is 11.4. The average molecular weight is 550 g/mol. The highest BCUT2D eigenvalue weighted by Crippen LogP contribution is 2.32. The standard InChI is InChI=1S/C29H35N5O4S/c1-6-30-28(26-20-14-23(35-4)24(36-5)15-21(20)32-27(26)18(2)3)33-9-11-34(12-10-33)29(39)31-16-19-7-8-22-25(13-19)38-17-37-22/h6-8,13-15,32H,9-12,16-17H2,1-5H3,(H,31,39)/b28-26+,30-6-. The van der Waals surface area contributed by atoms with Gasteiger partial charge < -0.3 is 39.0 Å². The summed E-state index contributed by atoms with van der Waals surface area (Å²) in [5.41, 5.74) is 3.25. The number of aromatic nitrogens is 1. The predicted molar refractivity (Wildman–Crippen MR) is 158 cm³/mol. The molecule has 3 heterocycles. The predicted octanol–water partition coefficient (Wildman–Crippen LogP) is 2.95. The Kier molecular flexibility index (Phi) is 7.83. The minimum atomic E-state index is 0.271. The van der Waals surface area contributed by atoms with Crippen molar-refractivity contribution in [2.45, 2.75) is 27.3 Å². The third-order valence-electron chi connectivity index (χ3n) is 7.02. The van der Waals surface area contributed by atoms with Crippen LogP contribution in [0.5, 0.6) is 23.0 Å². The SMILES string of the molecule is C/C=N\C(=c1/c(=C(C)C)[nH]c2cc(OC)c(OC)cc12)N1CCN(C(=S)NCc2ccc3c(c2)OCO3)CC1. The number of ether oxygens (including phenoxy) is 4. The molecule has 1 aromatic heterocycles. The molecule has 1 fully saturated rings. The van der Waals surface area contributed by atoms with Crippen LogP contribution in [0.2, 0.25) is 0 Å². The van der Waals surface area contributed by atoms with Crippen LogP contribution in [-0.2, 0) is 6.54 Å². The van der Waals surface area contributed by atoms with Gasteiger partial charge in [-0.1, -0.05) is 11.6 Å². The summed E-state index contributed by atoms with van der Waals surface area (Å²) in [4.78, 5) is 13.0. The van der Waals surface area contributed by atoms with Crippen molar-refractivity contribution in [3.63, 3.8) is 0 Å². The van der Waals surface area contributed by atoms with Gasteiger partial charge in [0, 0.05) is 61.0 Å². The van der Waals surface area contributed by atoms with Crippen molar-refractivity contribution in [2.24, 2.45) is 4.99 Å². The van der Waals surface area contributed by atoms with Crippen LogP contribution < -0.4 is 34.8 Å². The summed E-state index contributed by atoms with van der Waals surface area (Å²) in [6, 6.07) is 9.98. The first-order chi connectivity index (χ1) is 18.9. The number of thiocarbonyl (C=S) groups is 1. The van der Waals surface area contributed by atoms with Gasteiger partial charge in [-0.2, -0.15) is 0 Å². The molecule has 0 aliphatic carbocycles. The van der Waals surface area contributed by atoms with E-state index in [-0.39, 0.29) is 6.79 Å². The molecule has 2 aromatic carbocycles. The van der Waals surface area contributed by atoms with Crippen molar-refractivity contribution >= 4 is 45.8 Å². The van der Waals surface area contributed by atoms with Gasteiger partial charge in [0.2, 0.25) is 6.79 Å². The van der Waals surface area contributed by atoms with Gasteiger partial charge in [0.25, 0.3) is 0 Å². The zero-order valence-corrected chi connectivity index (χ0v) is 23.9. The molecule has 1 saturated heterocycles. The molecule has 206 valence electrons. The van der Waals surface area contributed by atoms with Crippen LogP contribution in [0, 0.1) is 0 Å². The molecule has 2 aliphatic heterocycles. The van der Waals surface area contributed by atoms with E-state index in [1.807, 2.05) is 43.5 Å². The molecular formula is C29H35N5O4S. The first-order valence-corrected chi connectivity index (χ1v) is 13.4. The van der Waals surface area contributed by atoms with Crippen LogP contribution in [0.1, 0.15) is 26.3 Å². The Labute approximate surface area is 233 Å². The van der Waals surface area contributed by atoms with Crippen molar-refractivity contribution in [1.29, 1.82) is 0 Å². The van der Waals surface area contributed by atoms with Gasteiger partial charge in [0.15, 0.2) is 28.1 Å². The minimum absolute atomic E-state index is 0.271. The number of nitrogens with zero attached hydrogens (tertiary/aromatic N) is 3. The molecule has 39 heavy (non-hydrogen) atoms. The van der Waals surface area contributed by atoms with Crippen LogP contribution in [-0.4, -0.2) is 73.3 Å². The van der Waals surface area contributed by atoms with E-state index in [1.54, 1.807) is 14.2 Å². The molecule has 3 aromatic rings. The third kappa shape index (κ3) is 5.34. The molecule has 2 aliphatic rings. The van der Waals surface area contributed by atoms with Crippen LogP contribution in [0.15, 0.2) is 35.3 Å². The van der Waals surface area contributed by atoms with Crippen molar-refractivity contribution in [1.82, 2.24) is 20.1 Å². The number of hydrogen-bond acceptors (Lipinski definition) is 7. The van der Waals surface area contributed by atoms with Gasteiger partial charge in [-0.15, -0.1) is 0 Å². The van der Waals surface area contributed by atoms with E-state index in [1.165, 1.54) is 5.57 Å². The van der Waals surface area contributed by atoms with Crippen LogP contribution in [0.25, 0.3) is 22.3 Å². The fraction of sp³-hybridized carbons (Fsp3) is 0.379. The van der Waals surface area contributed by atoms with Crippen molar-refractivity contribution < 1.29 is 18.9 Å². The minimum Gasteiger partial charge on any atom is -0.493 e. The number of nitrogens with one attached hydrogen (secondary N) is 2. The lowest BCUT2D eigenvalue weighted by Gasteiger charge is -2.37. The highest BCUT2D eigenvalue weighted by Gasteiger charge is 2.23. The summed E-state index contributed by atoms with van der Waals surface area (Å²) in [7, 11) is 3.31. The summed E-state index contributed by atoms with van der Waals surface area (Å²) >= 11 is 5.75. The zero-order chi connectivity index (χ0) is 27.5. The molecule has 0 saturated carbocycles. The van der Waals surface area contributed by atoms with Gasteiger partial charge in [0.1, 0.15) is 5.82 Å². The molecule has 10 heteroatoms. The smallest absolute Gasteiger partial charge is 0.231 e. The van der Waals surface area contributed by atoms with Gasteiger partial charge >= 0.3 is 0 Å².